The Morgan fingerprint density at radius 3 is 3.10 bits per heavy atom. The van der Waals surface area contributed by atoms with E-state index in [0.29, 0.717) is 25.4 Å². The van der Waals surface area contributed by atoms with E-state index in [-0.39, 0.29) is 30.9 Å². The highest BCUT2D eigenvalue weighted by Crippen LogP contribution is 2.16. The molecule has 20 heavy (non-hydrogen) atoms. The number of carbonyl (C=O) groups is 1. The van der Waals surface area contributed by atoms with Gasteiger partial charge in [-0.1, -0.05) is 0 Å². The first-order chi connectivity index (χ1) is 9.58. The van der Waals surface area contributed by atoms with Crippen LogP contribution in [0.25, 0.3) is 0 Å². The number of hydrogen-bond donors (Lipinski definition) is 3. The van der Waals surface area contributed by atoms with Crippen molar-refractivity contribution in [3.05, 3.63) is 24.0 Å². The molecular formula is C13H18FN3O3. The molecule has 1 aromatic rings. The molecule has 0 aliphatic carbocycles. The first-order valence-electron chi connectivity index (χ1n) is 6.38. The fraction of sp³-hybridized carbons (Fsp3) is 0.462. The number of nitrogens with zero attached hydrogens (tertiary/aromatic N) is 1. The highest BCUT2D eigenvalue weighted by atomic mass is 19.1. The summed E-state index contributed by atoms with van der Waals surface area (Å²) in [5.74, 6) is -0.725. The van der Waals surface area contributed by atoms with Crippen LogP contribution in [0.4, 0.5) is 15.8 Å². The largest absolute Gasteiger partial charge is 0.396 e. The van der Waals surface area contributed by atoms with Crippen molar-refractivity contribution >= 4 is 17.3 Å². The summed E-state index contributed by atoms with van der Waals surface area (Å²) >= 11 is 0. The van der Waals surface area contributed by atoms with Crippen LogP contribution in [-0.2, 0) is 9.53 Å². The molecule has 1 saturated heterocycles. The van der Waals surface area contributed by atoms with E-state index < -0.39 is 5.82 Å². The van der Waals surface area contributed by atoms with Crippen LogP contribution in [0, 0.1) is 5.82 Å². The molecule has 2 rings (SSSR count). The second-order valence-corrected chi connectivity index (χ2v) is 4.69. The summed E-state index contributed by atoms with van der Waals surface area (Å²) in [6.07, 6.45) is -0.252. The third kappa shape index (κ3) is 3.89. The third-order valence-electron chi connectivity index (χ3n) is 3.07. The van der Waals surface area contributed by atoms with Crippen LogP contribution in [0.15, 0.2) is 18.2 Å². The second-order valence-electron chi connectivity index (χ2n) is 4.69. The van der Waals surface area contributed by atoms with Gasteiger partial charge in [0.1, 0.15) is 5.82 Å². The molecule has 0 aromatic heterocycles. The van der Waals surface area contributed by atoms with E-state index in [9.17, 15) is 9.18 Å². The zero-order chi connectivity index (χ0) is 14.5. The summed E-state index contributed by atoms with van der Waals surface area (Å²) in [4.78, 5) is 13.8. The molecule has 0 radical (unpaired) electrons. The zero-order valence-electron chi connectivity index (χ0n) is 11.0. The van der Waals surface area contributed by atoms with Gasteiger partial charge in [-0.25, -0.2) is 4.39 Å². The van der Waals surface area contributed by atoms with Gasteiger partial charge in [-0.2, -0.15) is 0 Å². The zero-order valence-corrected chi connectivity index (χ0v) is 11.0. The summed E-state index contributed by atoms with van der Waals surface area (Å²) in [5, 5.41) is 11.7. The number of halogens is 1. The molecule has 1 aromatic carbocycles. The number of anilines is 2. The number of nitrogen functional groups attached to an aromatic ring is 1. The Labute approximate surface area is 116 Å². The normalized spacial score (nSPS) is 19.8. The van der Waals surface area contributed by atoms with Crippen molar-refractivity contribution in [2.45, 2.75) is 6.10 Å². The Morgan fingerprint density at radius 1 is 1.60 bits per heavy atom. The molecule has 4 N–H and O–H groups in total. The molecule has 1 fully saturated rings. The van der Waals surface area contributed by atoms with Crippen LogP contribution >= 0.6 is 0 Å². The molecule has 1 unspecified atom stereocenters. The Kier molecular flexibility index (Phi) is 4.89. The van der Waals surface area contributed by atoms with Gasteiger partial charge in [-0.15, -0.1) is 0 Å². The predicted octanol–water partition coefficient (Wildman–Crippen LogP) is 0.0395. The van der Waals surface area contributed by atoms with Gasteiger partial charge in [0.15, 0.2) is 0 Å². The van der Waals surface area contributed by atoms with Gasteiger partial charge < -0.3 is 20.9 Å². The number of hydrogen-bond acceptors (Lipinski definition) is 5. The minimum atomic E-state index is -0.512. The highest BCUT2D eigenvalue weighted by molar-refractivity contribution is 5.92. The van der Waals surface area contributed by atoms with Gasteiger partial charge in [0.25, 0.3) is 0 Å². The van der Waals surface area contributed by atoms with Gasteiger partial charge in [0.2, 0.25) is 5.91 Å². The van der Waals surface area contributed by atoms with Gasteiger partial charge >= 0.3 is 0 Å². The Hall–Kier alpha value is -1.70. The number of carbonyl (C=O) groups excluding carboxylic acids is 1. The first-order valence-corrected chi connectivity index (χ1v) is 6.38. The molecule has 1 aliphatic rings. The monoisotopic (exact) mass is 283 g/mol. The molecule has 1 atom stereocenters. The van der Waals surface area contributed by atoms with Crippen molar-refractivity contribution in [3.63, 3.8) is 0 Å². The standard InChI is InChI=1S/C13H18FN3O3/c14-11-2-1-9(5-12(11)15)16-13(19)7-17-3-4-20-10(6-17)8-18/h1-2,5,10,18H,3-4,6-8,15H2,(H,16,19). The number of nitrogens with two attached hydrogens (primary N) is 1. The van der Waals surface area contributed by atoms with Crippen LogP contribution in [0.5, 0.6) is 0 Å². The fourth-order valence-electron chi connectivity index (χ4n) is 2.06. The minimum absolute atomic E-state index is 0.00508. The SMILES string of the molecule is Nc1cc(NC(=O)CN2CCOC(CO)C2)ccc1F. The minimum Gasteiger partial charge on any atom is -0.396 e. The summed E-state index contributed by atoms with van der Waals surface area (Å²) in [6.45, 7) is 1.76. The maximum Gasteiger partial charge on any atom is 0.238 e. The average molecular weight is 283 g/mol. The van der Waals surface area contributed by atoms with Crippen molar-refractivity contribution in [2.24, 2.45) is 0 Å². The molecule has 1 aliphatic heterocycles. The lowest BCUT2D eigenvalue weighted by Gasteiger charge is -2.31. The maximum atomic E-state index is 13.0. The maximum absolute atomic E-state index is 13.0. The van der Waals surface area contributed by atoms with E-state index in [1.54, 1.807) is 0 Å². The molecule has 110 valence electrons. The number of morpholine rings is 1. The van der Waals surface area contributed by atoms with Crippen LogP contribution in [0.2, 0.25) is 0 Å². The van der Waals surface area contributed by atoms with Crippen LogP contribution in [-0.4, -0.2) is 54.9 Å². The van der Waals surface area contributed by atoms with Crippen LogP contribution < -0.4 is 11.1 Å². The van der Waals surface area contributed by atoms with Gasteiger partial charge in [-0.3, -0.25) is 9.69 Å². The fourth-order valence-corrected chi connectivity index (χ4v) is 2.06. The topological polar surface area (TPSA) is 87.8 Å². The smallest absolute Gasteiger partial charge is 0.238 e. The molecule has 0 saturated carbocycles. The lowest BCUT2D eigenvalue weighted by Crippen LogP contribution is -2.46. The predicted molar refractivity (Wildman–Crippen MR) is 72.7 cm³/mol. The van der Waals surface area contributed by atoms with E-state index in [4.69, 9.17) is 15.6 Å². The molecule has 7 heteroatoms. The van der Waals surface area contributed by atoms with E-state index in [1.165, 1.54) is 18.2 Å². The third-order valence-corrected chi connectivity index (χ3v) is 3.07. The van der Waals surface area contributed by atoms with Gasteiger partial charge in [0.05, 0.1) is 31.5 Å². The quantitative estimate of drug-likeness (QED) is 0.679. The lowest BCUT2D eigenvalue weighted by molar-refractivity contribution is -0.120. The van der Waals surface area contributed by atoms with Crippen molar-refractivity contribution in [2.75, 3.05) is 43.9 Å². The van der Waals surface area contributed by atoms with Gasteiger partial charge in [0, 0.05) is 18.8 Å². The molecule has 1 heterocycles. The van der Waals surface area contributed by atoms with E-state index >= 15 is 0 Å². The Morgan fingerprint density at radius 2 is 2.40 bits per heavy atom. The van der Waals surface area contributed by atoms with Gasteiger partial charge in [-0.05, 0) is 18.2 Å². The number of benzene rings is 1. The molecule has 1 amide bonds. The Balaban J connectivity index is 1.87. The van der Waals surface area contributed by atoms with E-state index in [0.717, 1.165) is 0 Å². The van der Waals surface area contributed by atoms with Crippen molar-refractivity contribution in [3.8, 4) is 0 Å². The summed E-state index contributed by atoms with van der Waals surface area (Å²) in [5.41, 5.74) is 5.89. The number of aliphatic hydroxyl groups is 1. The molecule has 0 bridgehead atoms. The number of amides is 1. The summed E-state index contributed by atoms with van der Waals surface area (Å²) in [6, 6.07) is 4.05. The van der Waals surface area contributed by atoms with E-state index in [2.05, 4.69) is 5.32 Å². The molecule has 6 nitrogen and oxygen atoms in total. The van der Waals surface area contributed by atoms with Crippen molar-refractivity contribution in [1.29, 1.82) is 0 Å². The second kappa shape index (κ2) is 6.65. The number of ether oxygens (including phenoxy) is 1. The summed E-state index contributed by atoms with van der Waals surface area (Å²) in [7, 11) is 0. The number of nitrogens with one attached hydrogen (secondary N) is 1. The lowest BCUT2D eigenvalue weighted by atomic mass is 10.2. The van der Waals surface area contributed by atoms with Crippen molar-refractivity contribution < 1.29 is 19.0 Å². The molecule has 0 spiro atoms. The Bertz CT molecular complexity index is 484. The number of aliphatic hydroxyl groups excluding tert-OH is 1. The molecular weight excluding hydrogens is 265 g/mol. The summed E-state index contributed by atoms with van der Waals surface area (Å²) < 4.78 is 18.3. The van der Waals surface area contributed by atoms with Crippen LogP contribution in [0.3, 0.4) is 0 Å². The van der Waals surface area contributed by atoms with Crippen molar-refractivity contribution in [1.82, 2.24) is 4.90 Å². The first kappa shape index (κ1) is 14.7. The van der Waals surface area contributed by atoms with E-state index in [1.807, 2.05) is 4.90 Å². The van der Waals surface area contributed by atoms with Crippen LogP contribution in [0.1, 0.15) is 0 Å². The number of rotatable bonds is 4. The highest BCUT2D eigenvalue weighted by Gasteiger charge is 2.21. The average Bonchev–Trinajstić information content (AvgIpc) is 2.43.